The van der Waals surface area contributed by atoms with Gasteiger partial charge in [0.25, 0.3) is 0 Å². The van der Waals surface area contributed by atoms with Crippen molar-refractivity contribution in [2.24, 2.45) is 5.92 Å². The van der Waals surface area contributed by atoms with E-state index in [1.807, 2.05) is 0 Å². The topological polar surface area (TPSA) is 61.4 Å². The van der Waals surface area contributed by atoms with E-state index in [1.165, 1.54) is 5.56 Å². The summed E-state index contributed by atoms with van der Waals surface area (Å²) in [7, 11) is 0. The van der Waals surface area contributed by atoms with Crippen LogP contribution >= 0.6 is 24.2 Å². The molecule has 0 spiro atoms. The van der Waals surface area contributed by atoms with Gasteiger partial charge in [-0.15, -0.1) is 24.2 Å². The standard InChI is InChI=1S/C16H24N2O2S.ClH/c1-11(2)12-3-5-14(6-4-12)21-10-16(20)18-8-13-7-17-9-15(13)19;/h3-6,11,13,15,17,19H,7-10H2,1-2H3,(H,18,20);1H. The van der Waals surface area contributed by atoms with E-state index in [-0.39, 0.29) is 30.3 Å². The van der Waals surface area contributed by atoms with E-state index in [2.05, 4.69) is 48.7 Å². The molecule has 4 nitrogen and oxygen atoms in total. The van der Waals surface area contributed by atoms with Gasteiger partial charge in [-0.3, -0.25) is 4.79 Å². The number of carbonyl (C=O) groups excluding carboxylic acids is 1. The second-order valence-corrected chi connectivity index (χ2v) is 6.85. The number of hydrogen-bond acceptors (Lipinski definition) is 4. The average Bonchev–Trinajstić information content (AvgIpc) is 2.88. The Hall–Kier alpha value is -0.750. The van der Waals surface area contributed by atoms with Gasteiger partial charge in [-0.05, 0) is 23.6 Å². The van der Waals surface area contributed by atoms with Crippen LogP contribution in [0.4, 0.5) is 0 Å². The normalized spacial score (nSPS) is 20.7. The van der Waals surface area contributed by atoms with Crippen molar-refractivity contribution < 1.29 is 9.90 Å². The van der Waals surface area contributed by atoms with E-state index in [0.717, 1.165) is 11.4 Å². The van der Waals surface area contributed by atoms with Gasteiger partial charge in [-0.25, -0.2) is 0 Å². The highest BCUT2D eigenvalue weighted by Crippen LogP contribution is 2.21. The fourth-order valence-electron chi connectivity index (χ4n) is 2.32. The van der Waals surface area contributed by atoms with E-state index in [1.54, 1.807) is 11.8 Å². The maximum atomic E-state index is 11.8. The number of carbonyl (C=O) groups is 1. The van der Waals surface area contributed by atoms with Crippen molar-refractivity contribution in [1.29, 1.82) is 0 Å². The van der Waals surface area contributed by atoms with Crippen molar-refractivity contribution in [1.82, 2.24) is 10.6 Å². The molecule has 22 heavy (non-hydrogen) atoms. The third-order valence-corrected chi connectivity index (χ3v) is 4.79. The van der Waals surface area contributed by atoms with Crippen LogP contribution in [0.1, 0.15) is 25.3 Å². The number of benzene rings is 1. The fourth-order valence-corrected chi connectivity index (χ4v) is 3.05. The van der Waals surface area contributed by atoms with Crippen molar-refractivity contribution in [3.63, 3.8) is 0 Å². The minimum Gasteiger partial charge on any atom is -0.391 e. The first-order valence-corrected chi connectivity index (χ1v) is 8.43. The molecular weight excluding hydrogens is 320 g/mol. The molecule has 0 aliphatic carbocycles. The van der Waals surface area contributed by atoms with Gasteiger partial charge in [0.05, 0.1) is 11.9 Å². The minimum atomic E-state index is -0.346. The Morgan fingerprint density at radius 1 is 1.36 bits per heavy atom. The van der Waals surface area contributed by atoms with Gasteiger partial charge in [0.15, 0.2) is 0 Å². The van der Waals surface area contributed by atoms with Gasteiger partial charge >= 0.3 is 0 Å². The Labute approximate surface area is 142 Å². The third-order valence-electron chi connectivity index (χ3n) is 3.78. The highest BCUT2D eigenvalue weighted by Gasteiger charge is 2.24. The molecule has 0 aromatic heterocycles. The lowest BCUT2D eigenvalue weighted by Crippen LogP contribution is -2.35. The second kappa shape index (κ2) is 9.40. The van der Waals surface area contributed by atoms with E-state index in [0.29, 0.717) is 24.8 Å². The molecule has 0 radical (unpaired) electrons. The SMILES string of the molecule is CC(C)c1ccc(SCC(=O)NCC2CNCC2O)cc1.Cl. The molecule has 1 saturated heterocycles. The van der Waals surface area contributed by atoms with E-state index in [4.69, 9.17) is 0 Å². The van der Waals surface area contributed by atoms with Crippen LogP contribution in [0.5, 0.6) is 0 Å². The predicted octanol–water partition coefficient (Wildman–Crippen LogP) is 2.02. The molecule has 0 bridgehead atoms. The van der Waals surface area contributed by atoms with E-state index >= 15 is 0 Å². The number of aliphatic hydroxyl groups is 1. The zero-order valence-corrected chi connectivity index (χ0v) is 14.7. The predicted molar refractivity (Wildman–Crippen MR) is 93.9 cm³/mol. The van der Waals surface area contributed by atoms with Crippen LogP contribution in [0.3, 0.4) is 0 Å². The Morgan fingerprint density at radius 2 is 2.05 bits per heavy atom. The number of β-amino-alcohol motifs (C(OH)–C–C–N with tert-alkyl or cyclic N) is 1. The zero-order chi connectivity index (χ0) is 15.2. The summed E-state index contributed by atoms with van der Waals surface area (Å²) in [5.41, 5.74) is 1.31. The molecule has 1 aromatic carbocycles. The van der Waals surface area contributed by atoms with Gasteiger partial charge in [-0.1, -0.05) is 26.0 Å². The van der Waals surface area contributed by atoms with E-state index in [9.17, 15) is 9.90 Å². The van der Waals surface area contributed by atoms with Gasteiger partial charge in [-0.2, -0.15) is 0 Å². The molecule has 3 N–H and O–H groups in total. The Bertz CT molecular complexity index is 468. The molecule has 1 amide bonds. The lowest BCUT2D eigenvalue weighted by Gasteiger charge is -2.14. The third kappa shape index (κ3) is 5.80. The summed E-state index contributed by atoms with van der Waals surface area (Å²) >= 11 is 1.54. The summed E-state index contributed by atoms with van der Waals surface area (Å²) in [5.74, 6) is 1.09. The van der Waals surface area contributed by atoms with Gasteiger partial charge in [0, 0.05) is 30.4 Å². The molecule has 0 saturated carbocycles. The second-order valence-electron chi connectivity index (χ2n) is 5.80. The van der Waals surface area contributed by atoms with Crippen molar-refractivity contribution >= 4 is 30.1 Å². The molecule has 2 unspecified atom stereocenters. The van der Waals surface area contributed by atoms with Crippen LogP contribution in [0.25, 0.3) is 0 Å². The quantitative estimate of drug-likeness (QED) is 0.691. The summed E-state index contributed by atoms with van der Waals surface area (Å²) in [6.45, 7) is 6.27. The Balaban J connectivity index is 0.00000242. The number of thioether (sulfide) groups is 1. The minimum absolute atomic E-state index is 0. The molecule has 1 fully saturated rings. The fraction of sp³-hybridized carbons (Fsp3) is 0.562. The highest BCUT2D eigenvalue weighted by molar-refractivity contribution is 8.00. The largest absolute Gasteiger partial charge is 0.391 e. The van der Waals surface area contributed by atoms with Gasteiger partial charge in [0.1, 0.15) is 0 Å². The van der Waals surface area contributed by atoms with Crippen LogP contribution in [-0.4, -0.2) is 42.5 Å². The summed E-state index contributed by atoms with van der Waals surface area (Å²) in [6, 6.07) is 8.37. The lowest BCUT2D eigenvalue weighted by molar-refractivity contribution is -0.118. The maximum Gasteiger partial charge on any atom is 0.230 e. The van der Waals surface area contributed by atoms with Gasteiger partial charge < -0.3 is 15.7 Å². The molecule has 2 rings (SSSR count). The molecule has 1 aliphatic heterocycles. The Kier molecular flexibility index (Phi) is 8.25. The van der Waals surface area contributed by atoms with Crippen molar-refractivity contribution in [3.05, 3.63) is 29.8 Å². The first-order valence-electron chi connectivity index (χ1n) is 7.44. The molecular formula is C16H25ClN2O2S. The maximum absolute atomic E-state index is 11.8. The van der Waals surface area contributed by atoms with Crippen LogP contribution in [0, 0.1) is 5.92 Å². The summed E-state index contributed by atoms with van der Waals surface area (Å²) < 4.78 is 0. The summed E-state index contributed by atoms with van der Waals surface area (Å²) in [6.07, 6.45) is -0.346. The van der Waals surface area contributed by atoms with Crippen LogP contribution in [0.2, 0.25) is 0 Å². The monoisotopic (exact) mass is 344 g/mol. The molecule has 1 heterocycles. The van der Waals surface area contributed by atoms with Gasteiger partial charge in [0.2, 0.25) is 5.91 Å². The van der Waals surface area contributed by atoms with E-state index < -0.39 is 0 Å². The number of aliphatic hydroxyl groups excluding tert-OH is 1. The molecule has 1 aliphatic rings. The molecule has 2 atom stereocenters. The Morgan fingerprint density at radius 3 is 2.59 bits per heavy atom. The molecule has 6 heteroatoms. The van der Waals surface area contributed by atoms with Crippen LogP contribution in [0.15, 0.2) is 29.2 Å². The molecule has 1 aromatic rings. The average molecular weight is 345 g/mol. The zero-order valence-electron chi connectivity index (χ0n) is 13.0. The van der Waals surface area contributed by atoms with Crippen molar-refractivity contribution in [2.45, 2.75) is 30.8 Å². The number of amides is 1. The first-order chi connectivity index (χ1) is 10.1. The number of rotatable bonds is 6. The number of halogens is 1. The van der Waals surface area contributed by atoms with Crippen LogP contribution in [-0.2, 0) is 4.79 Å². The number of nitrogens with one attached hydrogen (secondary N) is 2. The van der Waals surface area contributed by atoms with Crippen LogP contribution < -0.4 is 10.6 Å². The highest BCUT2D eigenvalue weighted by atomic mass is 35.5. The summed E-state index contributed by atoms with van der Waals surface area (Å²) in [4.78, 5) is 12.9. The lowest BCUT2D eigenvalue weighted by atomic mass is 10.0. The smallest absolute Gasteiger partial charge is 0.230 e. The van der Waals surface area contributed by atoms with Crippen molar-refractivity contribution in [2.75, 3.05) is 25.4 Å². The summed E-state index contributed by atoms with van der Waals surface area (Å²) in [5, 5.41) is 15.7. The van der Waals surface area contributed by atoms with Crippen molar-refractivity contribution in [3.8, 4) is 0 Å². The molecule has 124 valence electrons. The number of hydrogen-bond donors (Lipinski definition) is 3. The first kappa shape index (κ1) is 19.3.